The maximum absolute atomic E-state index is 5.88. The number of rotatable bonds is 3. The Bertz CT molecular complexity index is 624. The highest BCUT2D eigenvalue weighted by Gasteiger charge is 2.27. The first-order valence-corrected chi connectivity index (χ1v) is 7.21. The van der Waals surface area contributed by atoms with Gasteiger partial charge in [-0.25, -0.2) is 4.98 Å². The van der Waals surface area contributed by atoms with Crippen LogP contribution in [0.2, 0.25) is 0 Å². The van der Waals surface area contributed by atoms with Crippen LogP contribution in [0.1, 0.15) is 35.7 Å². The Morgan fingerprint density at radius 1 is 1.16 bits per heavy atom. The maximum Gasteiger partial charge on any atom is 0.223 e. The highest BCUT2D eigenvalue weighted by atomic mass is 79.9. The minimum atomic E-state index is 0.513. The summed E-state index contributed by atoms with van der Waals surface area (Å²) in [6, 6.07) is 7.94. The van der Waals surface area contributed by atoms with Gasteiger partial charge in [-0.15, -0.1) is 0 Å². The quantitative estimate of drug-likeness (QED) is 0.780. The van der Waals surface area contributed by atoms with Crippen molar-refractivity contribution in [2.24, 2.45) is 0 Å². The number of benzene rings is 1. The van der Waals surface area contributed by atoms with E-state index >= 15 is 0 Å². The van der Waals surface area contributed by atoms with Gasteiger partial charge in [0.2, 0.25) is 5.88 Å². The highest BCUT2D eigenvalue weighted by molar-refractivity contribution is 9.10. The Morgan fingerprint density at radius 3 is 2.63 bits per heavy atom. The second kappa shape index (κ2) is 4.93. The average molecular weight is 319 g/mol. The third-order valence-corrected chi connectivity index (χ3v) is 3.58. The summed E-state index contributed by atoms with van der Waals surface area (Å²) in [6.07, 6.45) is 2.36. The number of ether oxygens (including phenoxy) is 1. The molecule has 0 atom stereocenters. The van der Waals surface area contributed by atoms with Crippen LogP contribution >= 0.6 is 15.9 Å². The molecular formula is C15H15BrN2O. The average Bonchev–Trinajstić information content (AvgIpc) is 3.16. The third-order valence-electron chi connectivity index (χ3n) is 3.18. The van der Waals surface area contributed by atoms with Crippen molar-refractivity contribution >= 4 is 15.9 Å². The zero-order valence-corrected chi connectivity index (χ0v) is 12.6. The van der Waals surface area contributed by atoms with Crippen LogP contribution in [0.25, 0.3) is 0 Å². The Balaban J connectivity index is 1.89. The van der Waals surface area contributed by atoms with E-state index in [4.69, 9.17) is 4.74 Å². The van der Waals surface area contributed by atoms with Crippen LogP contribution in [0.3, 0.4) is 0 Å². The van der Waals surface area contributed by atoms with E-state index in [1.54, 1.807) is 0 Å². The Hall–Kier alpha value is -1.42. The van der Waals surface area contributed by atoms with Crippen molar-refractivity contribution in [1.29, 1.82) is 0 Å². The summed E-state index contributed by atoms with van der Waals surface area (Å²) in [4.78, 5) is 8.89. The molecule has 0 N–H and O–H groups in total. The molecule has 1 aromatic heterocycles. The van der Waals surface area contributed by atoms with Gasteiger partial charge in [0.1, 0.15) is 16.2 Å². The molecule has 98 valence electrons. The summed E-state index contributed by atoms with van der Waals surface area (Å²) >= 11 is 3.42. The summed E-state index contributed by atoms with van der Waals surface area (Å²) < 4.78 is 6.66. The van der Waals surface area contributed by atoms with Crippen molar-refractivity contribution in [2.75, 3.05) is 0 Å². The fourth-order valence-electron chi connectivity index (χ4n) is 2.02. The van der Waals surface area contributed by atoms with E-state index in [1.165, 1.54) is 18.4 Å². The predicted octanol–water partition coefficient (Wildman–Crippen LogP) is 4.53. The lowest BCUT2D eigenvalue weighted by atomic mass is 10.1. The van der Waals surface area contributed by atoms with E-state index in [9.17, 15) is 0 Å². The van der Waals surface area contributed by atoms with Gasteiger partial charge >= 0.3 is 0 Å². The van der Waals surface area contributed by atoms with Crippen LogP contribution in [-0.4, -0.2) is 9.97 Å². The summed E-state index contributed by atoms with van der Waals surface area (Å²) in [6.45, 7) is 4.11. The zero-order valence-electron chi connectivity index (χ0n) is 11.0. The van der Waals surface area contributed by atoms with Gasteiger partial charge in [0.15, 0.2) is 0 Å². The summed E-state index contributed by atoms with van der Waals surface area (Å²) in [5.41, 5.74) is 2.34. The number of aryl methyl sites for hydroxylation is 2. The number of nitrogens with zero attached hydrogens (tertiary/aromatic N) is 2. The molecule has 19 heavy (non-hydrogen) atoms. The van der Waals surface area contributed by atoms with E-state index in [1.807, 2.05) is 25.1 Å². The molecule has 3 rings (SSSR count). The van der Waals surface area contributed by atoms with Crippen molar-refractivity contribution in [1.82, 2.24) is 9.97 Å². The molecule has 0 aliphatic heterocycles. The molecule has 1 aliphatic carbocycles. The lowest BCUT2D eigenvalue weighted by molar-refractivity contribution is 0.454. The summed E-state index contributed by atoms with van der Waals surface area (Å²) in [7, 11) is 0. The van der Waals surface area contributed by atoms with Gasteiger partial charge in [-0.05, 0) is 54.2 Å². The number of hydrogen-bond donors (Lipinski definition) is 0. The van der Waals surface area contributed by atoms with E-state index in [0.717, 1.165) is 21.7 Å². The van der Waals surface area contributed by atoms with Crippen molar-refractivity contribution in [3.63, 3.8) is 0 Å². The van der Waals surface area contributed by atoms with Gasteiger partial charge in [-0.3, -0.25) is 0 Å². The van der Waals surface area contributed by atoms with Crippen LogP contribution in [0, 0.1) is 13.8 Å². The first-order valence-electron chi connectivity index (χ1n) is 6.41. The summed E-state index contributed by atoms with van der Waals surface area (Å²) in [5.74, 6) is 2.85. The molecular weight excluding hydrogens is 304 g/mol. The molecule has 3 nitrogen and oxygen atoms in total. The number of hydrogen-bond acceptors (Lipinski definition) is 3. The zero-order chi connectivity index (χ0) is 13.4. The second-order valence-corrected chi connectivity index (χ2v) is 5.84. The molecule has 2 aromatic rings. The number of aromatic nitrogens is 2. The van der Waals surface area contributed by atoms with Crippen molar-refractivity contribution in [2.45, 2.75) is 32.6 Å². The normalized spacial score (nSPS) is 14.5. The van der Waals surface area contributed by atoms with E-state index in [0.29, 0.717) is 11.8 Å². The van der Waals surface area contributed by atoms with E-state index in [-0.39, 0.29) is 0 Å². The first kappa shape index (κ1) is 12.6. The van der Waals surface area contributed by atoms with Crippen molar-refractivity contribution in [3.05, 3.63) is 45.8 Å². The Kier molecular flexibility index (Phi) is 3.27. The van der Waals surface area contributed by atoms with Gasteiger partial charge in [0.25, 0.3) is 0 Å². The van der Waals surface area contributed by atoms with Crippen molar-refractivity contribution in [3.8, 4) is 11.6 Å². The Morgan fingerprint density at radius 2 is 1.95 bits per heavy atom. The largest absolute Gasteiger partial charge is 0.439 e. The molecule has 0 unspecified atom stereocenters. The molecule has 0 bridgehead atoms. The fourth-order valence-corrected chi connectivity index (χ4v) is 2.39. The van der Waals surface area contributed by atoms with Crippen LogP contribution in [0.15, 0.2) is 28.9 Å². The molecule has 1 fully saturated rings. The van der Waals surface area contributed by atoms with Gasteiger partial charge in [0.05, 0.1) is 0 Å². The van der Waals surface area contributed by atoms with Crippen LogP contribution in [-0.2, 0) is 0 Å². The lowest BCUT2D eigenvalue weighted by Crippen LogP contribution is -1.97. The predicted molar refractivity (Wildman–Crippen MR) is 77.7 cm³/mol. The molecule has 0 radical (unpaired) electrons. The topological polar surface area (TPSA) is 35.0 Å². The molecule has 1 aromatic carbocycles. The molecule has 0 spiro atoms. The molecule has 0 saturated heterocycles. The molecule has 1 heterocycles. The van der Waals surface area contributed by atoms with Crippen LogP contribution in [0.5, 0.6) is 11.6 Å². The molecule has 1 aliphatic rings. The minimum absolute atomic E-state index is 0.513. The smallest absolute Gasteiger partial charge is 0.223 e. The van der Waals surface area contributed by atoms with Gasteiger partial charge in [-0.2, -0.15) is 4.98 Å². The van der Waals surface area contributed by atoms with E-state index in [2.05, 4.69) is 38.9 Å². The first-order chi connectivity index (χ1) is 9.11. The van der Waals surface area contributed by atoms with Crippen molar-refractivity contribution < 1.29 is 4.74 Å². The monoisotopic (exact) mass is 318 g/mol. The van der Waals surface area contributed by atoms with Gasteiger partial charge < -0.3 is 4.74 Å². The second-order valence-electron chi connectivity index (χ2n) is 5.03. The highest BCUT2D eigenvalue weighted by Crippen LogP contribution is 2.39. The summed E-state index contributed by atoms with van der Waals surface area (Å²) in [5, 5.41) is 0. The van der Waals surface area contributed by atoms with Gasteiger partial charge in [0, 0.05) is 12.0 Å². The third kappa shape index (κ3) is 2.95. The SMILES string of the molecule is Cc1ccc(Oc2cc(Br)nc(C3CC3)n2)c(C)c1. The van der Waals surface area contributed by atoms with Crippen LogP contribution in [0.4, 0.5) is 0 Å². The molecule has 4 heteroatoms. The maximum atomic E-state index is 5.88. The lowest BCUT2D eigenvalue weighted by Gasteiger charge is -2.09. The minimum Gasteiger partial charge on any atom is -0.439 e. The molecule has 1 saturated carbocycles. The molecule has 0 amide bonds. The standard InChI is InChI=1S/C15H15BrN2O/c1-9-3-6-12(10(2)7-9)19-14-8-13(16)17-15(18-14)11-4-5-11/h3,6-8,11H,4-5H2,1-2H3. The van der Waals surface area contributed by atoms with E-state index < -0.39 is 0 Å². The van der Waals surface area contributed by atoms with Crippen LogP contribution < -0.4 is 4.74 Å². The van der Waals surface area contributed by atoms with Gasteiger partial charge in [-0.1, -0.05) is 17.7 Å². The Labute approximate surface area is 121 Å². The fraction of sp³-hybridized carbons (Fsp3) is 0.333. The number of halogens is 1.